The second-order valence-corrected chi connectivity index (χ2v) is 5.72. The van der Waals surface area contributed by atoms with Crippen molar-refractivity contribution >= 4 is 0 Å². The van der Waals surface area contributed by atoms with Crippen LogP contribution in [0.3, 0.4) is 0 Å². The van der Waals surface area contributed by atoms with Gasteiger partial charge in [-0.3, -0.25) is 0 Å². The van der Waals surface area contributed by atoms with Crippen LogP contribution in [0.4, 0.5) is 57.1 Å². The predicted octanol–water partition coefficient (Wildman–Crippen LogP) is 6.35. The zero-order valence-corrected chi connectivity index (χ0v) is 12.2. The molecule has 0 aliphatic rings. The number of hydrogen-bond acceptors (Lipinski definition) is 0. The van der Waals surface area contributed by atoms with Crippen molar-refractivity contribution in [3.8, 4) is 0 Å². The van der Waals surface area contributed by atoms with Crippen LogP contribution >= 0.6 is 0 Å². The van der Waals surface area contributed by atoms with Crippen molar-refractivity contribution in [2.45, 2.75) is 68.1 Å². The summed E-state index contributed by atoms with van der Waals surface area (Å²) in [4.78, 5) is 0. The van der Waals surface area contributed by atoms with E-state index in [0.717, 1.165) is 0 Å². The molecule has 0 N–H and O–H groups in total. The molecule has 0 nitrogen and oxygen atoms in total. The Morgan fingerprint density at radius 3 is 1.04 bits per heavy atom. The Balaban J connectivity index is 4.98. The van der Waals surface area contributed by atoms with Crippen molar-refractivity contribution in [2.75, 3.05) is 6.67 Å². The average Bonchev–Trinajstić information content (AvgIpc) is 2.18. The van der Waals surface area contributed by atoms with E-state index in [-0.39, 0.29) is 0 Å². The minimum Gasteiger partial charge on any atom is -0.244 e. The summed E-state index contributed by atoms with van der Waals surface area (Å²) in [5, 5.41) is 0. The maximum absolute atomic E-state index is 13.2. The van der Waals surface area contributed by atoms with Gasteiger partial charge in [-0.25, -0.2) is 57.1 Å². The summed E-state index contributed by atoms with van der Waals surface area (Å²) < 4.78 is 165. The van der Waals surface area contributed by atoms with Crippen LogP contribution in [0.2, 0.25) is 0 Å². The molecule has 0 aliphatic carbocycles. The fraction of sp³-hybridized carbons (Fsp3) is 1.00. The Morgan fingerprint density at radius 2 is 0.760 bits per heavy atom. The second-order valence-electron chi connectivity index (χ2n) is 5.72. The molecule has 0 fully saturated rings. The first kappa shape index (κ1) is 24.1. The first-order valence-electron chi connectivity index (χ1n) is 6.54. The number of hydrogen-bond donors (Lipinski definition) is 0. The molecule has 0 saturated heterocycles. The summed E-state index contributed by atoms with van der Waals surface area (Å²) in [6.07, 6.45) is -17.3. The van der Waals surface area contributed by atoms with Crippen LogP contribution in [0.15, 0.2) is 0 Å². The molecule has 152 valence electrons. The molecule has 0 unspecified atom stereocenters. The summed E-state index contributed by atoms with van der Waals surface area (Å²) in [6, 6.07) is 0. The average molecular weight is 404 g/mol. The van der Waals surface area contributed by atoms with E-state index in [0.29, 0.717) is 0 Å². The van der Waals surface area contributed by atoms with Gasteiger partial charge in [-0.2, -0.15) is 0 Å². The Bertz CT molecular complexity index is 415. The Hall–Kier alpha value is -0.910. The van der Waals surface area contributed by atoms with Crippen LogP contribution in [0, 0.1) is 0 Å². The fourth-order valence-corrected chi connectivity index (χ4v) is 2.05. The maximum atomic E-state index is 13.2. The molecule has 0 aromatic heterocycles. The van der Waals surface area contributed by atoms with Crippen molar-refractivity contribution in [2.24, 2.45) is 0 Å². The summed E-state index contributed by atoms with van der Waals surface area (Å²) in [6.45, 7) is -2.61. The van der Waals surface area contributed by atoms with Gasteiger partial charge in [0.25, 0.3) is 29.6 Å². The molecule has 0 atom stereocenters. The van der Waals surface area contributed by atoms with Gasteiger partial charge in [0.15, 0.2) is 6.67 Å². The standard InChI is InChI=1S/C12H13F13/c13-6-12(24,25)5-11(22,23)4-10(20,21)3-9(18,19)2-8(16,17)1-7(14)15/h7H,1-6H2. The summed E-state index contributed by atoms with van der Waals surface area (Å²) in [7, 11) is 0. The molecular formula is C12H13F13. The molecular weight excluding hydrogens is 391 g/mol. The highest BCUT2D eigenvalue weighted by Gasteiger charge is 2.55. The van der Waals surface area contributed by atoms with Crippen molar-refractivity contribution in [3.63, 3.8) is 0 Å². The minimum atomic E-state index is -5.08. The predicted molar refractivity (Wildman–Crippen MR) is 59.8 cm³/mol. The zero-order chi connectivity index (χ0) is 20.3. The molecule has 0 heterocycles. The third-order valence-electron chi connectivity index (χ3n) is 2.72. The van der Waals surface area contributed by atoms with Crippen LogP contribution in [0.1, 0.15) is 32.1 Å². The van der Waals surface area contributed by atoms with Crippen molar-refractivity contribution < 1.29 is 57.1 Å². The summed E-state index contributed by atoms with van der Waals surface area (Å²) in [5.74, 6) is -24.5. The summed E-state index contributed by atoms with van der Waals surface area (Å²) in [5.41, 5.74) is 0. The van der Waals surface area contributed by atoms with Gasteiger partial charge < -0.3 is 0 Å². The lowest BCUT2D eigenvalue weighted by atomic mass is 9.96. The van der Waals surface area contributed by atoms with E-state index in [9.17, 15) is 57.1 Å². The molecule has 0 spiro atoms. The third kappa shape index (κ3) is 10.6. The van der Waals surface area contributed by atoms with E-state index >= 15 is 0 Å². The smallest absolute Gasteiger partial charge is 0.244 e. The molecule has 25 heavy (non-hydrogen) atoms. The number of rotatable bonds is 11. The van der Waals surface area contributed by atoms with Gasteiger partial charge in [0.2, 0.25) is 6.43 Å². The SMILES string of the molecule is FCC(F)(F)CC(F)(F)CC(F)(F)CC(F)(F)CC(F)(F)CC(F)F. The van der Waals surface area contributed by atoms with E-state index in [4.69, 9.17) is 0 Å². The molecule has 0 amide bonds. The minimum absolute atomic E-state index is 2.35. The molecule has 13 heteroatoms. The lowest BCUT2D eigenvalue weighted by Gasteiger charge is -2.29. The largest absolute Gasteiger partial charge is 0.281 e. The van der Waals surface area contributed by atoms with Crippen LogP contribution in [0.5, 0.6) is 0 Å². The Morgan fingerprint density at radius 1 is 0.480 bits per heavy atom. The zero-order valence-electron chi connectivity index (χ0n) is 12.2. The quantitative estimate of drug-likeness (QED) is 0.352. The van der Waals surface area contributed by atoms with Crippen molar-refractivity contribution in [1.29, 1.82) is 0 Å². The monoisotopic (exact) mass is 404 g/mol. The first-order chi connectivity index (χ1) is 10.8. The first-order valence-corrected chi connectivity index (χ1v) is 6.54. The summed E-state index contributed by atoms with van der Waals surface area (Å²) >= 11 is 0. The molecule has 0 radical (unpaired) electrons. The Kier molecular flexibility index (Phi) is 7.48. The molecule has 0 rings (SSSR count). The van der Waals surface area contributed by atoms with Gasteiger partial charge in [0.1, 0.15) is 0 Å². The van der Waals surface area contributed by atoms with Gasteiger partial charge in [-0.05, 0) is 0 Å². The number of halogens is 13. The van der Waals surface area contributed by atoms with Crippen LogP contribution in [-0.2, 0) is 0 Å². The number of alkyl halides is 13. The molecule has 0 saturated carbocycles. The highest BCUT2D eigenvalue weighted by Crippen LogP contribution is 2.45. The molecule has 0 aromatic carbocycles. The molecule has 0 aliphatic heterocycles. The molecule has 0 aromatic rings. The highest BCUT2D eigenvalue weighted by atomic mass is 19.3. The van der Waals surface area contributed by atoms with Gasteiger partial charge in [-0.1, -0.05) is 0 Å². The van der Waals surface area contributed by atoms with E-state index in [1.54, 1.807) is 0 Å². The van der Waals surface area contributed by atoms with Gasteiger partial charge in [0.05, 0.1) is 32.1 Å². The van der Waals surface area contributed by atoms with Gasteiger partial charge in [0, 0.05) is 0 Å². The second kappa shape index (κ2) is 7.77. The third-order valence-corrected chi connectivity index (χ3v) is 2.72. The highest BCUT2D eigenvalue weighted by molar-refractivity contribution is 4.88. The van der Waals surface area contributed by atoms with E-state index in [2.05, 4.69) is 0 Å². The lowest BCUT2D eigenvalue weighted by Crippen LogP contribution is -2.40. The van der Waals surface area contributed by atoms with E-state index in [1.807, 2.05) is 0 Å². The van der Waals surface area contributed by atoms with Crippen molar-refractivity contribution in [3.05, 3.63) is 0 Å². The fourth-order valence-electron chi connectivity index (χ4n) is 2.05. The van der Waals surface area contributed by atoms with Gasteiger partial charge in [-0.15, -0.1) is 0 Å². The maximum Gasteiger partial charge on any atom is 0.281 e. The van der Waals surface area contributed by atoms with Crippen LogP contribution in [0.25, 0.3) is 0 Å². The topological polar surface area (TPSA) is 0 Å². The molecule has 0 bridgehead atoms. The van der Waals surface area contributed by atoms with E-state index < -0.39 is 74.8 Å². The van der Waals surface area contributed by atoms with Crippen LogP contribution in [-0.4, -0.2) is 42.7 Å². The van der Waals surface area contributed by atoms with Crippen LogP contribution < -0.4 is 0 Å². The van der Waals surface area contributed by atoms with Gasteiger partial charge >= 0.3 is 0 Å². The van der Waals surface area contributed by atoms with Crippen molar-refractivity contribution in [1.82, 2.24) is 0 Å². The van der Waals surface area contributed by atoms with E-state index in [1.165, 1.54) is 0 Å². The normalized spacial score (nSPS) is 15.1. The lowest BCUT2D eigenvalue weighted by molar-refractivity contribution is -0.196. The Labute approximate surface area is 133 Å².